The third-order valence-corrected chi connectivity index (χ3v) is 7.75. The number of amides is 2. The summed E-state index contributed by atoms with van der Waals surface area (Å²) >= 11 is 0. The Bertz CT molecular complexity index is 1850. The van der Waals surface area contributed by atoms with Crippen molar-refractivity contribution in [2.24, 2.45) is 0 Å². The van der Waals surface area contributed by atoms with Crippen molar-refractivity contribution in [3.05, 3.63) is 135 Å². The molecule has 1 unspecified atom stereocenters. The molecule has 7 nitrogen and oxygen atoms in total. The normalized spacial score (nSPS) is 17.9. The van der Waals surface area contributed by atoms with Gasteiger partial charge in [-0.3, -0.25) is 14.4 Å². The summed E-state index contributed by atoms with van der Waals surface area (Å²) in [6.07, 6.45) is 1.52. The first kappa shape index (κ1) is 23.2. The standard InChI is InChI=1S/C32H24N2O5/c1-19-9-12-21(13-10-19)17-33-25-8-4-3-7-24(25)32(31(33)37)27-28(35)23-16-20(2)11-14-26(23)39-29(27)30(36)34(32)18-22-6-5-15-38-22/h3-16H,17-18H2,1-2H3. The number of benzene rings is 3. The van der Waals surface area contributed by atoms with Gasteiger partial charge in [0.25, 0.3) is 11.8 Å². The Labute approximate surface area is 223 Å². The number of para-hydroxylation sites is 1. The molecule has 39 heavy (non-hydrogen) atoms. The van der Waals surface area contributed by atoms with Crippen LogP contribution >= 0.6 is 0 Å². The summed E-state index contributed by atoms with van der Waals surface area (Å²) in [5.41, 5.74) is 2.43. The molecule has 0 fully saturated rings. The Morgan fingerprint density at radius 1 is 0.821 bits per heavy atom. The van der Waals surface area contributed by atoms with Crippen molar-refractivity contribution in [2.75, 3.05) is 4.90 Å². The Morgan fingerprint density at radius 3 is 2.36 bits per heavy atom. The maximum Gasteiger partial charge on any atom is 0.291 e. The number of anilines is 1. The number of nitrogens with zero attached hydrogens (tertiary/aromatic N) is 2. The van der Waals surface area contributed by atoms with Gasteiger partial charge < -0.3 is 18.6 Å². The quantitative estimate of drug-likeness (QED) is 0.317. The molecule has 0 saturated heterocycles. The lowest BCUT2D eigenvalue weighted by Crippen LogP contribution is -2.52. The van der Waals surface area contributed by atoms with E-state index in [4.69, 9.17) is 8.83 Å². The van der Waals surface area contributed by atoms with Gasteiger partial charge >= 0.3 is 0 Å². The maximum atomic E-state index is 14.8. The molecule has 0 bridgehead atoms. The summed E-state index contributed by atoms with van der Waals surface area (Å²) in [5.74, 6) is -0.516. The van der Waals surface area contributed by atoms with Crippen molar-refractivity contribution in [1.29, 1.82) is 0 Å². The number of aryl methyl sites for hydroxylation is 2. The highest BCUT2D eigenvalue weighted by Crippen LogP contribution is 2.53. The van der Waals surface area contributed by atoms with Crippen molar-refractivity contribution in [2.45, 2.75) is 32.5 Å². The van der Waals surface area contributed by atoms with Crippen molar-refractivity contribution < 1.29 is 18.4 Å². The zero-order chi connectivity index (χ0) is 26.9. The van der Waals surface area contributed by atoms with E-state index in [0.29, 0.717) is 28.0 Å². The van der Waals surface area contributed by atoms with E-state index >= 15 is 0 Å². The first-order valence-electron chi connectivity index (χ1n) is 12.8. The molecule has 0 N–H and O–H groups in total. The summed E-state index contributed by atoms with van der Waals surface area (Å²) in [7, 11) is 0. The van der Waals surface area contributed by atoms with Crippen LogP contribution in [0.3, 0.4) is 0 Å². The minimum Gasteiger partial charge on any atom is -0.467 e. The van der Waals surface area contributed by atoms with Crippen LogP contribution in [0.5, 0.6) is 0 Å². The molecule has 192 valence electrons. The van der Waals surface area contributed by atoms with Crippen LogP contribution in [0.25, 0.3) is 11.0 Å². The zero-order valence-corrected chi connectivity index (χ0v) is 21.4. The predicted molar refractivity (Wildman–Crippen MR) is 145 cm³/mol. The lowest BCUT2D eigenvalue weighted by Gasteiger charge is -2.33. The summed E-state index contributed by atoms with van der Waals surface area (Å²) in [5, 5.41) is 0.336. The van der Waals surface area contributed by atoms with Gasteiger partial charge in [0.1, 0.15) is 11.3 Å². The SMILES string of the molecule is Cc1ccc(CN2C(=O)C3(c4ccccc42)c2c(oc4ccc(C)cc4c2=O)C(=O)N3Cc2ccco2)cc1. The van der Waals surface area contributed by atoms with Crippen LogP contribution in [0.4, 0.5) is 5.69 Å². The Morgan fingerprint density at radius 2 is 1.59 bits per heavy atom. The average Bonchev–Trinajstić information content (AvgIpc) is 3.60. The highest BCUT2D eigenvalue weighted by atomic mass is 16.4. The van der Waals surface area contributed by atoms with Crippen molar-refractivity contribution in [1.82, 2.24) is 4.90 Å². The molecule has 1 atom stereocenters. The van der Waals surface area contributed by atoms with Gasteiger partial charge in [0.15, 0.2) is 11.0 Å². The maximum absolute atomic E-state index is 14.8. The van der Waals surface area contributed by atoms with Gasteiger partial charge in [-0.25, -0.2) is 0 Å². The van der Waals surface area contributed by atoms with E-state index in [1.165, 1.54) is 11.2 Å². The second-order valence-corrected chi connectivity index (χ2v) is 10.2. The molecule has 7 rings (SSSR count). The van der Waals surface area contributed by atoms with E-state index in [1.807, 2.05) is 68.4 Å². The summed E-state index contributed by atoms with van der Waals surface area (Å²) in [6.45, 7) is 4.17. The fraction of sp³-hybridized carbons (Fsp3) is 0.156. The van der Waals surface area contributed by atoms with Crippen molar-refractivity contribution >= 4 is 28.5 Å². The molecule has 2 aliphatic rings. The van der Waals surface area contributed by atoms with Gasteiger partial charge in [0.2, 0.25) is 5.76 Å². The van der Waals surface area contributed by atoms with E-state index in [-0.39, 0.29) is 35.7 Å². The smallest absolute Gasteiger partial charge is 0.291 e. The van der Waals surface area contributed by atoms with Crippen molar-refractivity contribution in [3.63, 3.8) is 0 Å². The lowest BCUT2D eigenvalue weighted by atomic mass is 9.84. The molecule has 3 aromatic carbocycles. The topological polar surface area (TPSA) is 84.0 Å². The summed E-state index contributed by atoms with van der Waals surface area (Å²) < 4.78 is 11.7. The first-order chi connectivity index (χ1) is 18.9. The molecular formula is C32H24N2O5. The monoisotopic (exact) mass is 516 g/mol. The molecule has 4 heterocycles. The predicted octanol–water partition coefficient (Wildman–Crippen LogP) is 5.45. The van der Waals surface area contributed by atoms with Gasteiger partial charge in [-0.2, -0.15) is 0 Å². The first-order valence-corrected chi connectivity index (χ1v) is 12.8. The second-order valence-electron chi connectivity index (χ2n) is 10.2. The molecule has 0 aliphatic carbocycles. The van der Waals surface area contributed by atoms with E-state index in [0.717, 1.165) is 16.7 Å². The van der Waals surface area contributed by atoms with Gasteiger partial charge in [0.05, 0.1) is 36.0 Å². The van der Waals surface area contributed by atoms with Crippen LogP contribution < -0.4 is 10.3 Å². The van der Waals surface area contributed by atoms with E-state index < -0.39 is 11.4 Å². The minimum absolute atomic E-state index is 0.0106. The minimum atomic E-state index is -1.70. The number of fused-ring (bicyclic) bond motifs is 5. The molecule has 0 saturated carbocycles. The Hall–Kier alpha value is -4.91. The highest BCUT2D eigenvalue weighted by Gasteiger charge is 2.65. The van der Waals surface area contributed by atoms with Gasteiger partial charge in [0, 0.05) is 5.56 Å². The molecule has 2 amide bonds. The number of hydrogen-bond acceptors (Lipinski definition) is 5. The van der Waals surface area contributed by atoms with Crippen molar-refractivity contribution in [3.8, 4) is 0 Å². The second kappa shape index (κ2) is 8.30. The van der Waals surface area contributed by atoms with Crippen LogP contribution in [0, 0.1) is 13.8 Å². The van der Waals surface area contributed by atoms with E-state index in [1.54, 1.807) is 29.2 Å². The van der Waals surface area contributed by atoms with E-state index in [2.05, 4.69) is 0 Å². The lowest BCUT2D eigenvalue weighted by molar-refractivity contribution is -0.126. The summed E-state index contributed by atoms with van der Waals surface area (Å²) in [4.78, 5) is 46.2. The Kier molecular flexibility index (Phi) is 4.94. The number of hydrogen-bond donors (Lipinski definition) is 0. The molecule has 2 aromatic heterocycles. The van der Waals surface area contributed by atoms with Gasteiger partial charge in [-0.1, -0.05) is 59.7 Å². The number of rotatable bonds is 4. The van der Waals surface area contributed by atoms with Crippen LogP contribution in [-0.2, 0) is 23.4 Å². The fourth-order valence-corrected chi connectivity index (χ4v) is 5.92. The molecule has 7 heteroatoms. The largest absolute Gasteiger partial charge is 0.467 e. The fourth-order valence-electron chi connectivity index (χ4n) is 5.92. The van der Waals surface area contributed by atoms with Gasteiger partial charge in [-0.15, -0.1) is 0 Å². The number of furan rings is 1. The van der Waals surface area contributed by atoms with Crippen LogP contribution in [0.1, 0.15) is 44.1 Å². The molecule has 5 aromatic rings. The molecule has 1 spiro atoms. The van der Waals surface area contributed by atoms with E-state index in [9.17, 15) is 14.4 Å². The van der Waals surface area contributed by atoms with Crippen LogP contribution in [0.15, 0.2) is 98.8 Å². The van der Waals surface area contributed by atoms with Gasteiger partial charge in [-0.05, 0) is 49.7 Å². The third kappa shape index (κ3) is 3.19. The zero-order valence-electron chi connectivity index (χ0n) is 21.4. The molecule has 2 aliphatic heterocycles. The highest BCUT2D eigenvalue weighted by molar-refractivity contribution is 6.17. The summed E-state index contributed by atoms with van der Waals surface area (Å²) in [6, 6.07) is 24.0. The number of carbonyl (C=O) groups is 2. The third-order valence-electron chi connectivity index (χ3n) is 7.75. The molecular weight excluding hydrogens is 492 g/mol. The average molecular weight is 517 g/mol. The Balaban J connectivity index is 1.52. The van der Waals surface area contributed by atoms with Crippen LogP contribution in [-0.4, -0.2) is 16.7 Å². The molecule has 0 radical (unpaired) electrons. The number of carbonyl (C=O) groups excluding carboxylic acids is 2. The van der Waals surface area contributed by atoms with Crippen LogP contribution in [0.2, 0.25) is 0 Å².